The van der Waals surface area contributed by atoms with Crippen LogP contribution < -0.4 is 9.62 Å². The van der Waals surface area contributed by atoms with Crippen LogP contribution in [0.4, 0.5) is 11.5 Å². The van der Waals surface area contributed by atoms with E-state index in [2.05, 4.69) is 42.5 Å². The summed E-state index contributed by atoms with van der Waals surface area (Å²) in [7, 11) is -1.67. The maximum atomic E-state index is 13.2. The summed E-state index contributed by atoms with van der Waals surface area (Å²) < 4.78 is 30.6. The third kappa shape index (κ3) is 4.13. The molecule has 0 bridgehead atoms. The molecule has 1 saturated heterocycles. The molecule has 1 N–H and O–H groups in total. The van der Waals surface area contributed by atoms with Crippen molar-refractivity contribution in [3.63, 3.8) is 0 Å². The number of benzene rings is 1. The third-order valence-corrected chi connectivity index (χ3v) is 8.26. The maximum Gasteiger partial charge on any atom is 0.264 e. The van der Waals surface area contributed by atoms with Gasteiger partial charge in [0.2, 0.25) is 0 Å². The Balaban J connectivity index is 0.00000225. The number of nitrogens with zero attached hydrogens (tertiary/aromatic N) is 3. The van der Waals surface area contributed by atoms with Gasteiger partial charge in [-0.3, -0.25) is 4.72 Å². The summed E-state index contributed by atoms with van der Waals surface area (Å²) in [5, 5.41) is 0.683. The van der Waals surface area contributed by atoms with Crippen molar-refractivity contribution < 1.29 is 8.42 Å². The highest BCUT2D eigenvalue weighted by Gasteiger charge is 2.28. The van der Waals surface area contributed by atoms with Gasteiger partial charge in [-0.15, -0.1) is 23.7 Å². The lowest BCUT2D eigenvalue weighted by atomic mass is 10.2. The molecule has 0 radical (unpaired) electrons. The van der Waals surface area contributed by atoms with E-state index in [4.69, 9.17) is 0 Å². The Morgan fingerprint density at radius 3 is 2.46 bits per heavy atom. The van der Waals surface area contributed by atoms with Crippen LogP contribution in [-0.2, 0) is 10.0 Å². The Hall–Kier alpha value is -1.39. The molecule has 2 aromatic heterocycles. The van der Waals surface area contributed by atoms with E-state index < -0.39 is 10.0 Å². The Morgan fingerprint density at radius 2 is 1.79 bits per heavy atom. The first-order valence-electron chi connectivity index (χ1n) is 8.54. The Bertz CT molecular complexity index is 1070. The number of piperazine rings is 1. The van der Waals surface area contributed by atoms with E-state index in [0.717, 1.165) is 36.7 Å². The second kappa shape index (κ2) is 8.54. The first-order chi connectivity index (χ1) is 13.0. The van der Waals surface area contributed by atoms with Gasteiger partial charge in [-0.25, -0.2) is 13.4 Å². The average molecular weight is 504 g/mol. The van der Waals surface area contributed by atoms with Gasteiger partial charge in [0, 0.05) is 42.8 Å². The quantitative estimate of drug-likeness (QED) is 0.582. The molecule has 1 fully saturated rings. The van der Waals surface area contributed by atoms with Gasteiger partial charge >= 0.3 is 0 Å². The number of anilines is 2. The lowest BCUT2D eigenvalue weighted by Crippen LogP contribution is -2.44. The smallest absolute Gasteiger partial charge is 0.264 e. The molecular formula is C18H20BrClN4O2S2. The van der Waals surface area contributed by atoms with Crippen LogP contribution in [0.15, 0.2) is 51.3 Å². The fourth-order valence-electron chi connectivity index (χ4n) is 3.18. The van der Waals surface area contributed by atoms with Crippen LogP contribution in [0.2, 0.25) is 0 Å². The molecule has 3 heterocycles. The molecule has 10 heteroatoms. The second-order valence-corrected chi connectivity index (χ2v) is 10.5. The highest BCUT2D eigenvalue weighted by molar-refractivity contribution is 9.11. The summed E-state index contributed by atoms with van der Waals surface area (Å²) in [6, 6.07) is 10.8. The molecule has 0 aliphatic carbocycles. The highest BCUT2D eigenvalue weighted by atomic mass is 79.9. The summed E-state index contributed by atoms with van der Waals surface area (Å²) in [5.41, 5.74) is 0.536. The summed E-state index contributed by atoms with van der Waals surface area (Å²) >= 11 is 4.89. The van der Waals surface area contributed by atoms with E-state index in [1.54, 1.807) is 30.5 Å². The van der Waals surface area contributed by atoms with Crippen molar-refractivity contribution in [2.75, 3.05) is 42.8 Å². The molecular weight excluding hydrogens is 484 g/mol. The number of likely N-dealkylation sites (N-methyl/N-ethyl adjacent to an activating group) is 1. The zero-order valence-electron chi connectivity index (χ0n) is 15.1. The van der Waals surface area contributed by atoms with Crippen LogP contribution in [0, 0.1) is 0 Å². The number of fused-ring (bicyclic) bond motifs is 1. The first-order valence-corrected chi connectivity index (χ1v) is 11.6. The number of hydrogen-bond acceptors (Lipinski definition) is 6. The van der Waals surface area contributed by atoms with E-state index in [-0.39, 0.29) is 17.3 Å². The Labute approximate surface area is 183 Å². The Kier molecular flexibility index (Phi) is 6.51. The number of halogens is 2. The zero-order chi connectivity index (χ0) is 19.0. The monoisotopic (exact) mass is 502 g/mol. The van der Waals surface area contributed by atoms with Crippen molar-refractivity contribution in [2.24, 2.45) is 0 Å². The van der Waals surface area contributed by atoms with Crippen LogP contribution >= 0.6 is 39.7 Å². The number of hydrogen-bond donors (Lipinski definition) is 1. The Morgan fingerprint density at radius 1 is 1.11 bits per heavy atom. The van der Waals surface area contributed by atoms with Crippen molar-refractivity contribution >= 4 is 71.3 Å². The standard InChI is InChI=1S/C18H19BrN4O2S2.ClH/c1-22-9-11-23(12-10-22)18-15-14(7-8-20-18)26-17(19)16(15)27(24,25)21-13-5-3-2-4-6-13;/h2-8,21H,9-12H2,1H3;1H. The lowest BCUT2D eigenvalue weighted by Gasteiger charge is -2.33. The molecule has 28 heavy (non-hydrogen) atoms. The molecule has 0 saturated carbocycles. The van der Waals surface area contributed by atoms with Crippen molar-refractivity contribution in [1.29, 1.82) is 0 Å². The maximum absolute atomic E-state index is 13.2. The van der Waals surface area contributed by atoms with Crippen LogP contribution in [0.1, 0.15) is 0 Å². The van der Waals surface area contributed by atoms with Gasteiger partial charge in [0.05, 0.1) is 9.17 Å². The summed E-state index contributed by atoms with van der Waals surface area (Å²) in [6.45, 7) is 3.49. The molecule has 1 aromatic carbocycles. The SMILES string of the molecule is CN1CCN(c2nccc3sc(Br)c(S(=O)(=O)Nc4ccccc4)c23)CC1.Cl. The molecule has 150 valence electrons. The number of rotatable bonds is 4. The van der Waals surface area contributed by atoms with Crippen molar-refractivity contribution in [2.45, 2.75) is 4.90 Å². The second-order valence-electron chi connectivity index (χ2n) is 6.47. The average Bonchev–Trinajstić information content (AvgIpc) is 2.99. The molecule has 4 rings (SSSR count). The van der Waals surface area contributed by atoms with Gasteiger partial charge in [-0.05, 0) is 41.2 Å². The first kappa shape index (κ1) is 21.3. The van der Waals surface area contributed by atoms with Crippen LogP contribution in [0.3, 0.4) is 0 Å². The molecule has 0 amide bonds. The minimum atomic E-state index is -3.76. The normalized spacial score (nSPS) is 15.4. The summed E-state index contributed by atoms with van der Waals surface area (Å²) in [5.74, 6) is 0.732. The molecule has 0 unspecified atom stereocenters. The van der Waals surface area contributed by atoms with E-state index in [1.165, 1.54) is 11.3 Å². The number of aromatic nitrogens is 1. The molecule has 3 aromatic rings. The van der Waals surface area contributed by atoms with E-state index in [0.29, 0.717) is 14.9 Å². The number of sulfonamides is 1. The van der Waals surface area contributed by atoms with Crippen molar-refractivity contribution in [1.82, 2.24) is 9.88 Å². The molecule has 1 aliphatic rings. The van der Waals surface area contributed by atoms with Gasteiger partial charge in [-0.1, -0.05) is 18.2 Å². The summed E-state index contributed by atoms with van der Waals surface area (Å²) in [4.78, 5) is 9.24. The van der Waals surface area contributed by atoms with Crippen LogP contribution in [0.25, 0.3) is 10.1 Å². The minimum Gasteiger partial charge on any atom is -0.353 e. The molecule has 6 nitrogen and oxygen atoms in total. The van der Waals surface area contributed by atoms with Gasteiger partial charge in [0.25, 0.3) is 10.0 Å². The van der Waals surface area contributed by atoms with Gasteiger partial charge in [-0.2, -0.15) is 0 Å². The summed E-state index contributed by atoms with van der Waals surface area (Å²) in [6.07, 6.45) is 1.75. The third-order valence-electron chi connectivity index (χ3n) is 4.60. The van der Waals surface area contributed by atoms with E-state index in [9.17, 15) is 8.42 Å². The number of pyridine rings is 1. The van der Waals surface area contributed by atoms with E-state index >= 15 is 0 Å². The molecule has 1 aliphatic heterocycles. The molecule has 0 atom stereocenters. The predicted molar refractivity (Wildman–Crippen MR) is 122 cm³/mol. The molecule has 0 spiro atoms. The van der Waals surface area contributed by atoms with Crippen LogP contribution in [0.5, 0.6) is 0 Å². The van der Waals surface area contributed by atoms with Gasteiger partial charge < -0.3 is 9.80 Å². The largest absolute Gasteiger partial charge is 0.353 e. The highest BCUT2D eigenvalue weighted by Crippen LogP contribution is 2.43. The topological polar surface area (TPSA) is 65.5 Å². The van der Waals surface area contributed by atoms with Crippen LogP contribution in [-0.4, -0.2) is 51.5 Å². The van der Waals surface area contributed by atoms with Crippen molar-refractivity contribution in [3.8, 4) is 0 Å². The lowest BCUT2D eigenvalue weighted by molar-refractivity contribution is 0.312. The van der Waals surface area contributed by atoms with Gasteiger partial charge in [0.15, 0.2) is 0 Å². The predicted octanol–water partition coefficient (Wildman–Crippen LogP) is 4.03. The van der Waals surface area contributed by atoms with Gasteiger partial charge in [0.1, 0.15) is 10.7 Å². The number of para-hydroxylation sites is 1. The number of thiophene rings is 1. The fourth-order valence-corrected chi connectivity index (χ4v) is 7.10. The fraction of sp³-hybridized carbons (Fsp3) is 0.278. The number of nitrogens with one attached hydrogen (secondary N) is 1. The zero-order valence-corrected chi connectivity index (χ0v) is 19.2. The van der Waals surface area contributed by atoms with Crippen molar-refractivity contribution in [3.05, 3.63) is 46.4 Å². The van der Waals surface area contributed by atoms with E-state index in [1.807, 2.05) is 12.1 Å². The minimum absolute atomic E-state index is 0.